The Hall–Kier alpha value is -4.61. The number of nitrogens with zero attached hydrogens (tertiary/aromatic N) is 1. The van der Waals surface area contributed by atoms with Gasteiger partial charge >= 0.3 is 11.9 Å². The highest BCUT2D eigenvalue weighted by atomic mass is 35.5. The molecule has 230 valence electrons. The van der Waals surface area contributed by atoms with Crippen molar-refractivity contribution in [2.45, 2.75) is 39.3 Å². The van der Waals surface area contributed by atoms with E-state index < -0.39 is 24.1 Å². The molecule has 0 saturated carbocycles. The molecule has 2 aromatic carbocycles. The molecule has 4 rings (SSSR count). The maximum absolute atomic E-state index is 13.7. The van der Waals surface area contributed by atoms with Crippen molar-refractivity contribution in [3.63, 3.8) is 0 Å². The van der Waals surface area contributed by atoms with Gasteiger partial charge in [-0.2, -0.15) is 5.10 Å². The number of dihydropyridines is 1. The topological polar surface area (TPSA) is 144 Å². The van der Waals surface area contributed by atoms with Crippen LogP contribution in [-0.4, -0.2) is 43.3 Å². The molecular weight excluding hydrogens is 611 g/mol. The summed E-state index contributed by atoms with van der Waals surface area (Å²) < 4.78 is 16.3. The summed E-state index contributed by atoms with van der Waals surface area (Å²) in [4.78, 5) is 49.4. The van der Waals surface area contributed by atoms with Gasteiger partial charge in [-0.3, -0.25) is 9.59 Å². The van der Waals surface area contributed by atoms with Gasteiger partial charge < -0.3 is 24.8 Å². The van der Waals surface area contributed by atoms with Crippen molar-refractivity contribution in [3.05, 3.63) is 98.5 Å². The number of hydrogen-bond donors (Lipinski definition) is 3. The van der Waals surface area contributed by atoms with Crippen molar-refractivity contribution in [3.8, 4) is 5.75 Å². The fourth-order valence-electron chi connectivity index (χ4n) is 4.97. The molecule has 2 aliphatic rings. The first-order chi connectivity index (χ1) is 21.0. The summed E-state index contributed by atoms with van der Waals surface area (Å²) in [7, 11) is 1.23. The first kappa shape index (κ1) is 32.3. The normalized spacial score (nSPS) is 19.0. The van der Waals surface area contributed by atoms with Crippen LogP contribution in [0, 0.1) is 5.92 Å². The lowest BCUT2D eigenvalue weighted by molar-refractivity contribution is -0.144. The molecule has 0 aromatic heterocycles. The third-order valence-corrected chi connectivity index (χ3v) is 7.84. The van der Waals surface area contributed by atoms with Gasteiger partial charge in [-0.05, 0) is 55.3 Å². The Labute approximate surface area is 263 Å². The first-order valence-electron chi connectivity index (χ1n) is 13.5. The zero-order valence-electron chi connectivity index (χ0n) is 24.3. The molecule has 13 heteroatoms. The molecule has 11 nitrogen and oxygen atoms in total. The van der Waals surface area contributed by atoms with E-state index in [0.29, 0.717) is 35.5 Å². The second kappa shape index (κ2) is 14.2. The Morgan fingerprint density at radius 2 is 1.75 bits per heavy atom. The summed E-state index contributed by atoms with van der Waals surface area (Å²) >= 11 is 12.8. The lowest BCUT2D eigenvalue weighted by Gasteiger charge is -2.31. The molecule has 0 fully saturated rings. The Balaban J connectivity index is 1.54. The fraction of sp³-hybridized carbons (Fsp3) is 0.258. The lowest BCUT2D eigenvalue weighted by Crippen LogP contribution is -2.36. The minimum Gasteiger partial charge on any atom is -0.466 e. The number of methoxy groups -OCH3 is 1. The Morgan fingerprint density at radius 1 is 1.07 bits per heavy atom. The van der Waals surface area contributed by atoms with Crippen molar-refractivity contribution >= 4 is 53.2 Å². The fourth-order valence-corrected chi connectivity index (χ4v) is 5.39. The second-order valence-corrected chi connectivity index (χ2v) is 10.8. The molecule has 3 unspecified atom stereocenters. The number of nitrogens with one attached hydrogen (secondary N) is 3. The van der Waals surface area contributed by atoms with Crippen LogP contribution >= 0.6 is 23.2 Å². The number of allylic oxidation sites excluding steroid dienone is 2. The van der Waals surface area contributed by atoms with Gasteiger partial charge in [-0.15, -0.1) is 0 Å². The molecule has 2 aromatic rings. The van der Waals surface area contributed by atoms with Gasteiger partial charge in [-0.25, -0.2) is 15.0 Å². The number of amides is 2. The molecule has 2 heterocycles. The molecular formula is C31H30Cl2N4O7. The van der Waals surface area contributed by atoms with Gasteiger partial charge in [-0.1, -0.05) is 42.3 Å². The maximum atomic E-state index is 13.7. The predicted molar refractivity (Wildman–Crippen MR) is 164 cm³/mol. The average molecular weight is 642 g/mol. The number of esters is 2. The zero-order valence-corrected chi connectivity index (χ0v) is 25.8. The number of carbonyl (C=O) groups excluding carboxylic acids is 4. The first-order valence-corrected chi connectivity index (χ1v) is 14.2. The Kier molecular flexibility index (Phi) is 10.5. The number of ether oxygens (including phenoxy) is 3. The molecule has 0 spiro atoms. The minimum absolute atomic E-state index is 0.0315. The van der Waals surface area contributed by atoms with Crippen molar-refractivity contribution in [1.29, 1.82) is 0 Å². The summed E-state index contributed by atoms with van der Waals surface area (Å²) in [5.41, 5.74) is 5.55. The number of hydrogen-bond acceptors (Lipinski definition) is 9. The van der Waals surface area contributed by atoms with Crippen LogP contribution in [0.1, 0.15) is 44.2 Å². The van der Waals surface area contributed by atoms with Crippen LogP contribution in [0.4, 0.5) is 0 Å². The van der Waals surface area contributed by atoms with E-state index in [1.165, 1.54) is 19.4 Å². The van der Waals surface area contributed by atoms with Gasteiger partial charge in [0.15, 0.2) is 6.23 Å². The van der Waals surface area contributed by atoms with Crippen molar-refractivity contribution < 1.29 is 33.4 Å². The second-order valence-electron chi connectivity index (χ2n) is 9.99. The smallest absolute Gasteiger partial charge is 0.338 e. The SMILES string of the molecule is COC(=O)C1=C(C)NC(C)=C(C(=O)OC(C=COc2ccc(C3=NNC(=O)CC3C)cc2)NC=O)C1c1cccc(Cl)c1Cl. The molecule has 0 bridgehead atoms. The monoisotopic (exact) mass is 640 g/mol. The highest BCUT2D eigenvalue weighted by Gasteiger charge is 2.39. The van der Waals surface area contributed by atoms with Crippen molar-refractivity contribution in [1.82, 2.24) is 16.1 Å². The van der Waals surface area contributed by atoms with E-state index in [2.05, 4.69) is 21.2 Å². The summed E-state index contributed by atoms with van der Waals surface area (Å²) in [6.45, 7) is 5.25. The number of carbonyl (C=O) groups is 4. The number of benzene rings is 2. The zero-order chi connectivity index (χ0) is 32.0. The van der Waals surface area contributed by atoms with E-state index in [-0.39, 0.29) is 33.0 Å². The van der Waals surface area contributed by atoms with E-state index in [1.54, 1.807) is 56.3 Å². The summed E-state index contributed by atoms with van der Waals surface area (Å²) in [5, 5.41) is 9.98. The van der Waals surface area contributed by atoms with Gasteiger partial charge in [0, 0.05) is 29.8 Å². The van der Waals surface area contributed by atoms with Crippen LogP contribution in [0.5, 0.6) is 5.75 Å². The van der Waals surface area contributed by atoms with Gasteiger partial charge in [0.25, 0.3) is 0 Å². The molecule has 3 N–H and O–H groups in total. The average Bonchev–Trinajstić information content (AvgIpc) is 2.98. The number of hydrazone groups is 1. The minimum atomic E-state index is -1.23. The lowest BCUT2D eigenvalue weighted by atomic mass is 9.80. The number of rotatable bonds is 10. The van der Waals surface area contributed by atoms with Gasteiger partial charge in [0.1, 0.15) is 5.75 Å². The molecule has 3 atom stereocenters. The van der Waals surface area contributed by atoms with Crippen molar-refractivity contribution in [2.75, 3.05) is 7.11 Å². The Bertz CT molecular complexity index is 1600. The van der Waals surface area contributed by atoms with Crippen LogP contribution in [0.2, 0.25) is 10.0 Å². The molecule has 2 aliphatic heterocycles. The van der Waals surface area contributed by atoms with E-state index in [4.69, 9.17) is 37.4 Å². The van der Waals surface area contributed by atoms with Gasteiger partial charge in [0.05, 0.1) is 46.2 Å². The van der Waals surface area contributed by atoms with E-state index in [0.717, 1.165) is 11.3 Å². The summed E-state index contributed by atoms with van der Waals surface area (Å²) in [5.74, 6) is -2.20. The van der Waals surface area contributed by atoms with Crippen molar-refractivity contribution in [2.24, 2.45) is 11.0 Å². The quantitative estimate of drug-likeness (QED) is 0.149. The molecule has 2 amide bonds. The Morgan fingerprint density at radius 3 is 2.39 bits per heavy atom. The largest absolute Gasteiger partial charge is 0.466 e. The van der Waals surface area contributed by atoms with Crippen LogP contribution < -0.4 is 20.8 Å². The van der Waals surface area contributed by atoms with E-state index >= 15 is 0 Å². The van der Waals surface area contributed by atoms with Crippen LogP contribution in [0.25, 0.3) is 0 Å². The van der Waals surface area contributed by atoms with Crippen LogP contribution in [-0.2, 0) is 28.7 Å². The van der Waals surface area contributed by atoms with E-state index in [1.807, 2.05) is 6.92 Å². The third-order valence-electron chi connectivity index (χ3n) is 7.01. The van der Waals surface area contributed by atoms with Gasteiger partial charge in [0.2, 0.25) is 12.3 Å². The molecule has 0 radical (unpaired) electrons. The predicted octanol–water partition coefficient (Wildman–Crippen LogP) is 4.47. The highest BCUT2D eigenvalue weighted by Crippen LogP contribution is 2.43. The molecule has 44 heavy (non-hydrogen) atoms. The summed E-state index contributed by atoms with van der Waals surface area (Å²) in [6, 6.07) is 11.9. The maximum Gasteiger partial charge on any atom is 0.338 e. The van der Waals surface area contributed by atoms with E-state index in [9.17, 15) is 19.2 Å². The van der Waals surface area contributed by atoms with Crippen LogP contribution in [0.15, 0.2) is 82.4 Å². The highest BCUT2D eigenvalue weighted by molar-refractivity contribution is 6.42. The standard InChI is InChI=1S/C31H30Cl2N4O7/c1-16-14-23(39)36-37-29(16)19-8-10-20(11-9-19)43-13-12-24(34-15-38)44-31(41)26-18(3)35-17(2)25(30(40)42-4)27(26)21-6-5-7-22(32)28(21)33/h5-13,15-16,24,27,35H,14H2,1-4H3,(H,34,38)(H,36,39). The van der Waals surface area contributed by atoms with Crippen LogP contribution in [0.3, 0.4) is 0 Å². The molecule has 0 saturated heterocycles. The third kappa shape index (κ3) is 7.12. The number of halogens is 2. The molecule has 0 aliphatic carbocycles. The summed E-state index contributed by atoms with van der Waals surface area (Å²) in [6.07, 6.45) is 2.09.